The first-order valence-corrected chi connectivity index (χ1v) is 15.2. The minimum Gasteiger partial charge on any atom is -0.298 e. The average Bonchev–Trinajstić information content (AvgIpc) is 2.87. The number of nitro groups is 1. The molecule has 1 saturated heterocycles. The third-order valence-electron chi connectivity index (χ3n) is 6.63. The summed E-state index contributed by atoms with van der Waals surface area (Å²) >= 11 is 13.7. The summed E-state index contributed by atoms with van der Waals surface area (Å²) < 4.78 is 28.5. The minimum atomic E-state index is -3.62. The molecule has 1 aliphatic carbocycles. The largest absolute Gasteiger partial charge is 0.298 e. The Morgan fingerprint density at radius 3 is 2.47 bits per heavy atom. The maximum Gasteiger partial charge on any atom is 0.270 e. The van der Waals surface area contributed by atoms with Crippen molar-refractivity contribution in [2.45, 2.75) is 43.0 Å². The molecule has 36 heavy (non-hydrogen) atoms. The highest BCUT2D eigenvalue weighted by Gasteiger charge is 2.31. The maximum absolute atomic E-state index is 13.5. The fourth-order valence-electron chi connectivity index (χ4n) is 4.78. The van der Waals surface area contributed by atoms with Crippen LogP contribution in [0, 0.1) is 10.1 Å². The van der Waals surface area contributed by atoms with E-state index in [2.05, 4.69) is 4.90 Å². The summed E-state index contributed by atoms with van der Waals surface area (Å²) in [4.78, 5) is 14.3. The fourth-order valence-corrected chi connectivity index (χ4v) is 8.10. The van der Waals surface area contributed by atoms with E-state index in [1.54, 1.807) is 40.7 Å². The molecule has 1 heterocycles. The highest BCUT2D eigenvalue weighted by molar-refractivity contribution is 8.04. The van der Waals surface area contributed by atoms with E-state index in [-0.39, 0.29) is 11.4 Å². The van der Waals surface area contributed by atoms with Gasteiger partial charge in [0.15, 0.2) is 0 Å². The molecule has 11 heteroatoms. The van der Waals surface area contributed by atoms with Crippen molar-refractivity contribution in [2.24, 2.45) is 0 Å². The third kappa shape index (κ3) is 7.24. The Kier molecular flexibility index (Phi) is 9.35. The van der Waals surface area contributed by atoms with Gasteiger partial charge in [0.05, 0.1) is 15.7 Å². The van der Waals surface area contributed by atoms with Crippen LogP contribution in [0.3, 0.4) is 0 Å². The van der Waals surface area contributed by atoms with E-state index in [0.717, 1.165) is 13.1 Å². The monoisotopic (exact) mass is 569 g/mol. The molecule has 0 bridgehead atoms. The first-order chi connectivity index (χ1) is 17.2. The topological polar surface area (TPSA) is 83.8 Å². The van der Waals surface area contributed by atoms with Crippen LogP contribution >= 0.6 is 35.0 Å². The van der Waals surface area contributed by atoms with Crippen LogP contribution in [0.5, 0.6) is 0 Å². The zero-order valence-electron chi connectivity index (χ0n) is 19.8. The van der Waals surface area contributed by atoms with Crippen LogP contribution in [-0.4, -0.2) is 60.5 Å². The summed E-state index contributed by atoms with van der Waals surface area (Å²) in [5, 5.41) is 12.2. The van der Waals surface area contributed by atoms with Crippen molar-refractivity contribution in [3.8, 4) is 0 Å². The number of rotatable bonds is 8. The Bertz CT molecular complexity index is 1230. The fraction of sp³-hybridized carbons (Fsp3) is 0.440. The van der Waals surface area contributed by atoms with Crippen LogP contribution < -0.4 is 0 Å². The van der Waals surface area contributed by atoms with Crippen molar-refractivity contribution in [1.82, 2.24) is 9.21 Å². The smallest absolute Gasteiger partial charge is 0.270 e. The van der Waals surface area contributed by atoms with E-state index < -0.39 is 14.9 Å². The number of hydrogen-bond donors (Lipinski definition) is 0. The van der Waals surface area contributed by atoms with Gasteiger partial charge >= 0.3 is 0 Å². The van der Waals surface area contributed by atoms with Gasteiger partial charge in [0, 0.05) is 59.2 Å². The lowest BCUT2D eigenvalue weighted by atomic mass is 9.94. The average molecular weight is 571 g/mol. The molecule has 2 aromatic rings. The third-order valence-corrected chi connectivity index (χ3v) is 10.4. The SMILES string of the molecule is O=[N+]([O-])c1cccc(C=C(CS(=O)(=O)N2CCN(C3CCCCC3)CC2)Sc2cc(Cl)ccc2Cl)c1. The van der Waals surface area contributed by atoms with Crippen molar-refractivity contribution >= 4 is 56.8 Å². The van der Waals surface area contributed by atoms with Crippen molar-refractivity contribution in [1.29, 1.82) is 0 Å². The standard InChI is InChI=1S/C25H29Cl2N3O4S2/c26-20-9-10-24(27)25(17-20)35-23(16-19-5-4-8-22(15-19)30(31)32)18-36(33,34)29-13-11-28(12-14-29)21-6-2-1-3-7-21/h4-5,8-10,15-17,21H,1-3,6-7,11-14,18H2. The molecule has 0 spiro atoms. The van der Waals surface area contributed by atoms with Crippen molar-refractivity contribution in [3.63, 3.8) is 0 Å². The van der Waals surface area contributed by atoms with Gasteiger partial charge in [0.25, 0.3) is 5.69 Å². The van der Waals surface area contributed by atoms with Gasteiger partial charge in [0.2, 0.25) is 10.0 Å². The molecule has 0 N–H and O–H groups in total. The van der Waals surface area contributed by atoms with Gasteiger partial charge in [-0.1, -0.05) is 66.4 Å². The lowest BCUT2D eigenvalue weighted by Gasteiger charge is -2.40. The first-order valence-electron chi connectivity index (χ1n) is 12.0. The molecule has 7 nitrogen and oxygen atoms in total. The van der Waals surface area contributed by atoms with Crippen molar-refractivity contribution in [2.75, 3.05) is 31.9 Å². The molecule has 194 valence electrons. The highest BCUT2D eigenvalue weighted by atomic mass is 35.5. The lowest BCUT2D eigenvalue weighted by molar-refractivity contribution is -0.384. The summed E-state index contributed by atoms with van der Waals surface area (Å²) in [6, 6.07) is 11.7. The second-order valence-corrected chi connectivity index (χ2v) is 13.1. The lowest BCUT2D eigenvalue weighted by Crippen LogP contribution is -2.52. The summed E-state index contributed by atoms with van der Waals surface area (Å²) in [5.74, 6) is -0.230. The Morgan fingerprint density at radius 2 is 1.78 bits per heavy atom. The quantitative estimate of drug-likeness (QED) is 0.210. The molecule has 0 aromatic heterocycles. The van der Waals surface area contributed by atoms with Crippen LogP contribution in [0.4, 0.5) is 5.69 Å². The summed E-state index contributed by atoms with van der Waals surface area (Å²) in [7, 11) is -3.62. The minimum absolute atomic E-state index is 0.0596. The molecule has 0 unspecified atom stereocenters. The number of sulfonamides is 1. The molecule has 0 amide bonds. The van der Waals surface area contributed by atoms with E-state index in [1.807, 2.05) is 0 Å². The number of benzene rings is 2. The maximum atomic E-state index is 13.5. The Hall–Kier alpha value is -1.62. The molecule has 2 aliphatic rings. The van der Waals surface area contributed by atoms with E-state index >= 15 is 0 Å². The van der Waals surface area contributed by atoms with Crippen LogP contribution in [-0.2, 0) is 10.0 Å². The number of halogens is 2. The predicted octanol–water partition coefficient (Wildman–Crippen LogP) is 6.31. The van der Waals surface area contributed by atoms with Gasteiger partial charge in [-0.3, -0.25) is 15.0 Å². The second kappa shape index (κ2) is 12.3. The number of nitrogens with zero attached hydrogens (tertiary/aromatic N) is 3. The van der Waals surface area contributed by atoms with Gasteiger partial charge in [-0.25, -0.2) is 8.42 Å². The molecule has 1 aliphatic heterocycles. The summed E-state index contributed by atoms with van der Waals surface area (Å²) in [5.41, 5.74) is 0.484. The highest BCUT2D eigenvalue weighted by Crippen LogP contribution is 2.37. The molecular formula is C25H29Cl2N3O4S2. The van der Waals surface area contributed by atoms with Crippen LogP contribution in [0.25, 0.3) is 6.08 Å². The van der Waals surface area contributed by atoms with Gasteiger partial charge in [-0.15, -0.1) is 0 Å². The number of nitro benzene ring substituents is 1. The predicted molar refractivity (Wildman–Crippen MR) is 147 cm³/mol. The molecule has 0 radical (unpaired) electrons. The summed E-state index contributed by atoms with van der Waals surface area (Å²) in [6.45, 7) is 2.40. The van der Waals surface area contributed by atoms with Gasteiger partial charge < -0.3 is 0 Å². The van der Waals surface area contributed by atoms with E-state index in [9.17, 15) is 18.5 Å². The van der Waals surface area contributed by atoms with E-state index in [4.69, 9.17) is 23.2 Å². The van der Waals surface area contributed by atoms with Gasteiger partial charge in [0.1, 0.15) is 0 Å². The second-order valence-electron chi connectivity index (χ2n) is 9.12. The van der Waals surface area contributed by atoms with Crippen LogP contribution in [0.1, 0.15) is 37.7 Å². The van der Waals surface area contributed by atoms with Gasteiger partial charge in [-0.2, -0.15) is 4.31 Å². The summed E-state index contributed by atoms with van der Waals surface area (Å²) in [6.07, 6.45) is 7.85. The Morgan fingerprint density at radius 1 is 1.06 bits per heavy atom. The number of thioether (sulfide) groups is 1. The zero-order valence-corrected chi connectivity index (χ0v) is 23.0. The van der Waals surface area contributed by atoms with Crippen LogP contribution in [0.15, 0.2) is 52.3 Å². The first kappa shape index (κ1) is 27.4. The number of hydrogen-bond acceptors (Lipinski definition) is 6. The Balaban J connectivity index is 1.54. The molecular weight excluding hydrogens is 541 g/mol. The number of piperazine rings is 1. The molecule has 2 fully saturated rings. The normalized spacial score (nSPS) is 18.9. The molecule has 1 saturated carbocycles. The van der Waals surface area contributed by atoms with Gasteiger partial charge in [-0.05, 0) is 42.7 Å². The zero-order chi connectivity index (χ0) is 25.7. The van der Waals surface area contributed by atoms with E-state index in [0.29, 0.717) is 44.5 Å². The molecule has 4 rings (SSSR count). The van der Waals surface area contributed by atoms with Crippen LogP contribution in [0.2, 0.25) is 10.0 Å². The van der Waals surface area contributed by atoms with Crippen molar-refractivity contribution < 1.29 is 13.3 Å². The number of non-ortho nitro benzene ring substituents is 1. The molecule has 0 atom stereocenters. The van der Waals surface area contributed by atoms with Crippen molar-refractivity contribution in [3.05, 3.63) is 73.1 Å². The molecule has 2 aromatic carbocycles. The Labute approximate surface area is 226 Å². The van der Waals surface area contributed by atoms with E-state index in [1.165, 1.54) is 56.0 Å².